The van der Waals surface area contributed by atoms with Crippen molar-refractivity contribution in [1.82, 2.24) is 9.88 Å². The molecule has 1 fully saturated rings. The minimum Gasteiger partial charge on any atom is -0.481 e. The highest BCUT2D eigenvalue weighted by Crippen LogP contribution is 2.35. The SMILES string of the molecule is O=C(c1ccc[nH]1)N1CC[C@@H](O)[C@](Cc2ccc(F)cc2)(C(=O)O)C1. The number of carbonyl (C=O) groups excluding carboxylic acids is 1. The van der Waals surface area contributed by atoms with Crippen molar-refractivity contribution in [3.63, 3.8) is 0 Å². The van der Waals surface area contributed by atoms with E-state index in [1.165, 1.54) is 29.2 Å². The third-order valence-corrected chi connectivity index (χ3v) is 4.76. The predicted molar refractivity (Wildman–Crippen MR) is 87.5 cm³/mol. The highest BCUT2D eigenvalue weighted by atomic mass is 19.1. The molecule has 0 spiro atoms. The number of aliphatic carboxylic acids is 1. The first kappa shape index (κ1) is 17.2. The molecule has 0 unspecified atom stereocenters. The Hall–Kier alpha value is -2.67. The zero-order valence-electron chi connectivity index (χ0n) is 13.5. The Kier molecular flexibility index (Phi) is 4.59. The molecule has 6 nitrogen and oxygen atoms in total. The van der Waals surface area contributed by atoms with Gasteiger partial charge in [0, 0.05) is 19.3 Å². The van der Waals surface area contributed by atoms with Crippen LogP contribution in [0.4, 0.5) is 4.39 Å². The second-order valence-corrected chi connectivity index (χ2v) is 6.38. The number of likely N-dealkylation sites (tertiary alicyclic amines) is 1. The van der Waals surface area contributed by atoms with Gasteiger partial charge in [0.25, 0.3) is 5.91 Å². The van der Waals surface area contributed by atoms with E-state index in [4.69, 9.17) is 0 Å². The lowest BCUT2D eigenvalue weighted by molar-refractivity contribution is -0.161. The maximum atomic E-state index is 13.1. The second-order valence-electron chi connectivity index (χ2n) is 6.38. The van der Waals surface area contributed by atoms with E-state index in [-0.39, 0.29) is 31.8 Å². The number of benzene rings is 1. The lowest BCUT2D eigenvalue weighted by atomic mass is 9.72. The number of halogens is 1. The van der Waals surface area contributed by atoms with Crippen LogP contribution in [0.15, 0.2) is 42.6 Å². The van der Waals surface area contributed by atoms with Crippen molar-refractivity contribution in [3.8, 4) is 0 Å². The molecule has 3 N–H and O–H groups in total. The van der Waals surface area contributed by atoms with E-state index in [9.17, 15) is 24.2 Å². The van der Waals surface area contributed by atoms with Crippen molar-refractivity contribution in [2.45, 2.75) is 18.9 Å². The van der Waals surface area contributed by atoms with Crippen LogP contribution < -0.4 is 0 Å². The maximum Gasteiger partial charge on any atom is 0.314 e. The summed E-state index contributed by atoms with van der Waals surface area (Å²) in [5.41, 5.74) is -0.562. The minimum absolute atomic E-state index is 0.0122. The number of rotatable bonds is 4. The number of nitrogens with one attached hydrogen (secondary N) is 1. The maximum absolute atomic E-state index is 13.1. The molecular formula is C18H19FN2O4. The third kappa shape index (κ3) is 3.28. The molecular weight excluding hydrogens is 327 g/mol. The Morgan fingerprint density at radius 3 is 2.60 bits per heavy atom. The van der Waals surface area contributed by atoms with Crippen molar-refractivity contribution >= 4 is 11.9 Å². The number of aliphatic hydroxyl groups is 1. The van der Waals surface area contributed by atoms with E-state index in [0.29, 0.717) is 11.3 Å². The molecule has 1 aliphatic rings. The molecule has 1 saturated heterocycles. The fourth-order valence-corrected chi connectivity index (χ4v) is 3.31. The molecule has 7 heteroatoms. The van der Waals surface area contributed by atoms with Gasteiger partial charge in [0.05, 0.1) is 6.10 Å². The van der Waals surface area contributed by atoms with Crippen LogP contribution in [-0.4, -0.2) is 51.2 Å². The number of H-pyrrole nitrogens is 1. The van der Waals surface area contributed by atoms with Crippen LogP contribution in [-0.2, 0) is 11.2 Å². The van der Waals surface area contributed by atoms with Crippen LogP contribution in [0.3, 0.4) is 0 Å². The van der Waals surface area contributed by atoms with Crippen molar-refractivity contribution in [1.29, 1.82) is 0 Å². The largest absolute Gasteiger partial charge is 0.481 e. The van der Waals surface area contributed by atoms with E-state index in [1.807, 2.05) is 0 Å². The molecule has 0 saturated carbocycles. The summed E-state index contributed by atoms with van der Waals surface area (Å²) < 4.78 is 13.1. The van der Waals surface area contributed by atoms with Crippen LogP contribution >= 0.6 is 0 Å². The molecule has 1 aromatic carbocycles. The van der Waals surface area contributed by atoms with E-state index in [0.717, 1.165) is 0 Å². The molecule has 0 aliphatic carbocycles. The van der Waals surface area contributed by atoms with Gasteiger partial charge in [-0.15, -0.1) is 0 Å². The third-order valence-electron chi connectivity index (χ3n) is 4.76. The Labute approximate surface area is 143 Å². The number of amides is 1. The van der Waals surface area contributed by atoms with Gasteiger partial charge in [-0.05, 0) is 42.7 Å². The summed E-state index contributed by atoms with van der Waals surface area (Å²) in [5.74, 6) is -1.89. The Balaban J connectivity index is 1.88. The molecule has 0 bridgehead atoms. The average molecular weight is 346 g/mol. The number of hydrogen-bond acceptors (Lipinski definition) is 3. The number of hydrogen-bond donors (Lipinski definition) is 3. The highest BCUT2D eigenvalue weighted by molar-refractivity contribution is 5.93. The monoisotopic (exact) mass is 346 g/mol. The van der Waals surface area contributed by atoms with Crippen molar-refractivity contribution < 1.29 is 24.2 Å². The quantitative estimate of drug-likeness (QED) is 0.785. The predicted octanol–water partition coefficient (Wildman–Crippen LogP) is 1.67. The zero-order chi connectivity index (χ0) is 18.0. The first-order valence-electron chi connectivity index (χ1n) is 8.01. The van der Waals surface area contributed by atoms with Gasteiger partial charge in [-0.3, -0.25) is 9.59 Å². The topological polar surface area (TPSA) is 93.6 Å². The molecule has 2 heterocycles. The average Bonchev–Trinajstić information content (AvgIpc) is 3.12. The van der Waals surface area contributed by atoms with Crippen LogP contribution in [0.2, 0.25) is 0 Å². The molecule has 2 aromatic rings. The first-order valence-corrected chi connectivity index (χ1v) is 8.01. The Morgan fingerprint density at radius 1 is 1.28 bits per heavy atom. The summed E-state index contributed by atoms with van der Waals surface area (Å²) in [6.45, 7) is 0.163. The van der Waals surface area contributed by atoms with Gasteiger partial charge >= 0.3 is 5.97 Å². The Bertz CT molecular complexity index is 760. The summed E-state index contributed by atoms with van der Waals surface area (Å²) in [6.07, 6.45) is 0.704. The number of carboxylic acid groups (broad SMARTS) is 1. The van der Waals surface area contributed by atoms with Crippen LogP contribution in [0.25, 0.3) is 0 Å². The molecule has 1 aromatic heterocycles. The lowest BCUT2D eigenvalue weighted by Gasteiger charge is -2.43. The van der Waals surface area contributed by atoms with Gasteiger partial charge in [0.2, 0.25) is 0 Å². The van der Waals surface area contributed by atoms with Crippen molar-refractivity contribution in [2.75, 3.05) is 13.1 Å². The van der Waals surface area contributed by atoms with Crippen LogP contribution in [0.5, 0.6) is 0 Å². The van der Waals surface area contributed by atoms with Gasteiger partial charge < -0.3 is 20.1 Å². The molecule has 0 radical (unpaired) electrons. The van der Waals surface area contributed by atoms with E-state index < -0.39 is 23.3 Å². The highest BCUT2D eigenvalue weighted by Gasteiger charge is 2.50. The number of nitrogens with zero attached hydrogens (tertiary/aromatic N) is 1. The fraction of sp³-hybridized carbons (Fsp3) is 0.333. The van der Waals surface area contributed by atoms with Crippen molar-refractivity contribution in [2.24, 2.45) is 5.41 Å². The van der Waals surface area contributed by atoms with Gasteiger partial charge in [-0.2, -0.15) is 0 Å². The normalized spacial score (nSPS) is 23.4. The summed E-state index contributed by atoms with van der Waals surface area (Å²) >= 11 is 0. The number of aromatic nitrogens is 1. The second kappa shape index (κ2) is 6.68. The summed E-state index contributed by atoms with van der Waals surface area (Å²) in [7, 11) is 0. The summed E-state index contributed by atoms with van der Waals surface area (Å²) in [5, 5.41) is 20.3. The summed E-state index contributed by atoms with van der Waals surface area (Å²) in [6, 6.07) is 8.81. The van der Waals surface area contributed by atoms with Crippen LogP contribution in [0.1, 0.15) is 22.5 Å². The number of aliphatic hydroxyl groups excluding tert-OH is 1. The Morgan fingerprint density at radius 2 is 2.00 bits per heavy atom. The van der Waals surface area contributed by atoms with Gasteiger partial charge in [-0.25, -0.2) is 4.39 Å². The molecule has 132 valence electrons. The summed E-state index contributed by atoms with van der Waals surface area (Å²) in [4.78, 5) is 28.8. The molecule has 25 heavy (non-hydrogen) atoms. The van der Waals surface area contributed by atoms with E-state index in [1.54, 1.807) is 18.3 Å². The van der Waals surface area contributed by atoms with Gasteiger partial charge in [0.1, 0.15) is 16.9 Å². The fourth-order valence-electron chi connectivity index (χ4n) is 3.31. The standard InChI is InChI=1S/C18H19FN2O4/c19-13-5-3-12(4-6-13)10-18(17(24)25)11-21(9-7-15(18)22)16(23)14-2-1-8-20-14/h1-6,8,15,20,22H,7,9-11H2,(H,24,25)/t15-,18-/m1/s1. The molecule has 2 atom stereocenters. The minimum atomic E-state index is -1.53. The van der Waals surface area contributed by atoms with Crippen molar-refractivity contribution in [3.05, 3.63) is 59.7 Å². The number of aromatic amines is 1. The molecule has 3 rings (SSSR count). The van der Waals surface area contributed by atoms with Gasteiger partial charge in [-0.1, -0.05) is 12.1 Å². The number of carboxylic acids is 1. The smallest absolute Gasteiger partial charge is 0.314 e. The van der Waals surface area contributed by atoms with Gasteiger partial charge in [0.15, 0.2) is 0 Å². The molecule has 1 aliphatic heterocycles. The van der Waals surface area contributed by atoms with Crippen LogP contribution in [0, 0.1) is 11.2 Å². The van der Waals surface area contributed by atoms with E-state index >= 15 is 0 Å². The first-order chi connectivity index (χ1) is 11.9. The lowest BCUT2D eigenvalue weighted by Crippen LogP contribution is -2.58. The zero-order valence-corrected chi connectivity index (χ0v) is 13.5. The van der Waals surface area contributed by atoms with E-state index in [2.05, 4.69) is 4.98 Å². The number of carbonyl (C=O) groups is 2. The number of piperidine rings is 1. The molecule has 1 amide bonds.